The number of fused-ring (bicyclic) bond motifs is 1. The summed E-state index contributed by atoms with van der Waals surface area (Å²) in [5.41, 5.74) is 0.524. The fourth-order valence-electron chi connectivity index (χ4n) is 3.93. The van der Waals surface area contributed by atoms with Crippen molar-refractivity contribution in [1.29, 1.82) is 0 Å². The van der Waals surface area contributed by atoms with Crippen LogP contribution in [0.4, 0.5) is 5.69 Å². The molecule has 1 aliphatic rings. The van der Waals surface area contributed by atoms with Crippen molar-refractivity contribution in [3.8, 4) is 0 Å². The van der Waals surface area contributed by atoms with Gasteiger partial charge in [-0.3, -0.25) is 9.59 Å². The molecule has 1 aromatic heterocycles. The first-order valence-corrected chi connectivity index (χ1v) is 12.9. The largest absolute Gasteiger partial charge is 0.349 e. The van der Waals surface area contributed by atoms with Crippen LogP contribution < -0.4 is 10.6 Å². The van der Waals surface area contributed by atoms with Crippen molar-refractivity contribution >= 4 is 48.9 Å². The molecule has 172 valence electrons. The second-order valence-corrected chi connectivity index (χ2v) is 11.1. The van der Waals surface area contributed by atoms with Crippen LogP contribution in [-0.4, -0.2) is 43.7 Å². The topological polar surface area (TPSA) is 95.6 Å². The van der Waals surface area contributed by atoms with Gasteiger partial charge in [-0.25, -0.2) is 8.42 Å². The van der Waals surface area contributed by atoms with Gasteiger partial charge >= 0.3 is 0 Å². The van der Waals surface area contributed by atoms with Gasteiger partial charge in [0.25, 0.3) is 5.91 Å². The van der Waals surface area contributed by atoms with E-state index in [0.29, 0.717) is 30.1 Å². The van der Waals surface area contributed by atoms with E-state index in [1.165, 1.54) is 33.9 Å². The number of nitrogens with zero attached hydrogens (tertiary/aromatic N) is 1. The number of rotatable bonds is 6. The summed E-state index contributed by atoms with van der Waals surface area (Å²) < 4.78 is 28.7. The van der Waals surface area contributed by atoms with Crippen LogP contribution in [0.25, 0.3) is 10.1 Å². The van der Waals surface area contributed by atoms with Crippen molar-refractivity contribution in [3.05, 3.63) is 72.1 Å². The molecule has 0 radical (unpaired) electrons. The van der Waals surface area contributed by atoms with Gasteiger partial charge in [0.15, 0.2) is 0 Å². The van der Waals surface area contributed by atoms with Crippen LogP contribution in [0.2, 0.25) is 0 Å². The van der Waals surface area contributed by atoms with Crippen molar-refractivity contribution in [3.63, 3.8) is 0 Å². The zero-order valence-corrected chi connectivity index (χ0v) is 19.8. The fraction of sp³-hybridized carbons (Fsp3) is 0.250. The minimum Gasteiger partial charge on any atom is -0.349 e. The number of amides is 2. The van der Waals surface area contributed by atoms with Crippen LogP contribution in [0.1, 0.15) is 23.0 Å². The standard InChI is InChI=1S/C24H25N3O4S2/c1-3-23(28)26-20-12-13-27(15-16(20)2)33(30,31)19-10-8-18(9-11-19)25-24(29)22-14-17-6-4-5-7-21(17)32-22/h3-11,14,16,20H,1,12-13,15H2,2H3,(H,25,29)(H,26,28). The molecule has 3 aromatic rings. The molecule has 2 atom stereocenters. The average Bonchev–Trinajstić information content (AvgIpc) is 3.25. The van der Waals surface area contributed by atoms with E-state index in [1.54, 1.807) is 12.1 Å². The Morgan fingerprint density at radius 3 is 2.55 bits per heavy atom. The van der Waals surface area contributed by atoms with E-state index in [1.807, 2.05) is 37.3 Å². The number of carbonyl (C=O) groups is 2. The maximum Gasteiger partial charge on any atom is 0.265 e. The first-order valence-electron chi connectivity index (χ1n) is 10.6. The summed E-state index contributed by atoms with van der Waals surface area (Å²) in [6, 6.07) is 15.7. The minimum absolute atomic E-state index is 0.0303. The number of thiophene rings is 1. The molecule has 2 unspecified atom stereocenters. The highest BCUT2D eigenvalue weighted by molar-refractivity contribution is 7.89. The lowest BCUT2D eigenvalue weighted by Gasteiger charge is -2.36. The molecular formula is C24H25N3O4S2. The van der Waals surface area contributed by atoms with Gasteiger partial charge in [-0.05, 0) is 60.2 Å². The average molecular weight is 484 g/mol. The van der Waals surface area contributed by atoms with Gasteiger partial charge in [0.1, 0.15) is 0 Å². The molecule has 2 aromatic carbocycles. The highest BCUT2D eigenvalue weighted by Gasteiger charge is 2.34. The Morgan fingerprint density at radius 2 is 1.88 bits per heavy atom. The monoisotopic (exact) mass is 483 g/mol. The van der Waals surface area contributed by atoms with Gasteiger partial charge in [0, 0.05) is 29.5 Å². The van der Waals surface area contributed by atoms with Crippen molar-refractivity contribution < 1.29 is 18.0 Å². The van der Waals surface area contributed by atoms with Crippen LogP contribution in [0.3, 0.4) is 0 Å². The summed E-state index contributed by atoms with van der Waals surface area (Å²) in [5, 5.41) is 6.70. The molecule has 1 saturated heterocycles. The molecule has 7 nitrogen and oxygen atoms in total. The Hall–Kier alpha value is -3.01. The van der Waals surface area contributed by atoms with Crippen molar-refractivity contribution in [2.24, 2.45) is 5.92 Å². The van der Waals surface area contributed by atoms with E-state index in [0.717, 1.165) is 10.1 Å². The number of hydrogen-bond donors (Lipinski definition) is 2. The number of hydrogen-bond acceptors (Lipinski definition) is 5. The van der Waals surface area contributed by atoms with E-state index in [9.17, 15) is 18.0 Å². The van der Waals surface area contributed by atoms with Crippen LogP contribution >= 0.6 is 11.3 Å². The summed E-state index contributed by atoms with van der Waals surface area (Å²) in [5.74, 6) is -0.516. The summed E-state index contributed by atoms with van der Waals surface area (Å²) in [4.78, 5) is 25.0. The van der Waals surface area contributed by atoms with Gasteiger partial charge in [-0.15, -0.1) is 11.3 Å². The van der Waals surface area contributed by atoms with E-state index in [-0.39, 0.29) is 28.7 Å². The SMILES string of the molecule is C=CC(=O)NC1CCN(S(=O)(=O)c2ccc(NC(=O)c3cc4ccccc4s3)cc2)CC1C. The van der Waals surface area contributed by atoms with Crippen LogP contribution in [-0.2, 0) is 14.8 Å². The lowest BCUT2D eigenvalue weighted by atomic mass is 9.95. The van der Waals surface area contributed by atoms with Gasteiger partial charge in [0.2, 0.25) is 15.9 Å². The molecule has 4 rings (SSSR count). The normalized spacial score (nSPS) is 19.2. The predicted molar refractivity (Wildman–Crippen MR) is 131 cm³/mol. The van der Waals surface area contributed by atoms with E-state index in [2.05, 4.69) is 17.2 Å². The zero-order chi connectivity index (χ0) is 23.6. The molecule has 0 bridgehead atoms. The summed E-state index contributed by atoms with van der Waals surface area (Å²) in [6.45, 7) is 6.00. The van der Waals surface area contributed by atoms with Crippen LogP contribution in [0.15, 0.2) is 72.1 Å². The van der Waals surface area contributed by atoms with Crippen molar-refractivity contribution in [1.82, 2.24) is 9.62 Å². The maximum atomic E-state index is 13.1. The molecule has 2 heterocycles. The fourth-order valence-corrected chi connectivity index (χ4v) is 6.44. The van der Waals surface area contributed by atoms with E-state index < -0.39 is 10.0 Å². The number of piperidine rings is 1. The Balaban J connectivity index is 1.42. The quantitative estimate of drug-likeness (QED) is 0.521. The first-order chi connectivity index (χ1) is 15.8. The van der Waals surface area contributed by atoms with Gasteiger partial charge < -0.3 is 10.6 Å². The third kappa shape index (κ3) is 5.00. The van der Waals surface area contributed by atoms with Crippen molar-refractivity contribution in [2.75, 3.05) is 18.4 Å². The van der Waals surface area contributed by atoms with E-state index >= 15 is 0 Å². The van der Waals surface area contributed by atoms with Gasteiger partial charge in [-0.1, -0.05) is 31.7 Å². The lowest BCUT2D eigenvalue weighted by Crippen LogP contribution is -2.51. The molecule has 1 fully saturated rings. The third-order valence-corrected chi connectivity index (χ3v) is 8.77. The first kappa shape index (κ1) is 23.2. The van der Waals surface area contributed by atoms with Crippen LogP contribution in [0, 0.1) is 5.92 Å². The summed E-state index contributed by atoms with van der Waals surface area (Å²) in [6.07, 6.45) is 1.75. The van der Waals surface area contributed by atoms with Gasteiger partial charge in [-0.2, -0.15) is 4.31 Å². The molecule has 33 heavy (non-hydrogen) atoms. The molecule has 2 amide bonds. The second-order valence-electron chi connectivity index (χ2n) is 8.08. The highest BCUT2D eigenvalue weighted by Crippen LogP contribution is 2.27. The summed E-state index contributed by atoms with van der Waals surface area (Å²) in [7, 11) is -3.68. The molecule has 2 N–H and O–H groups in total. The Bertz CT molecular complexity index is 1270. The van der Waals surface area contributed by atoms with Gasteiger partial charge in [0.05, 0.1) is 9.77 Å². The lowest BCUT2D eigenvalue weighted by molar-refractivity contribution is -0.117. The maximum absolute atomic E-state index is 13.1. The van der Waals surface area contributed by atoms with Crippen LogP contribution in [0.5, 0.6) is 0 Å². The Morgan fingerprint density at radius 1 is 1.15 bits per heavy atom. The number of nitrogens with one attached hydrogen (secondary N) is 2. The number of sulfonamides is 1. The second kappa shape index (κ2) is 9.46. The minimum atomic E-state index is -3.68. The third-order valence-electron chi connectivity index (χ3n) is 5.78. The molecule has 1 aliphatic heterocycles. The smallest absolute Gasteiger partial charge is 0.265 e. The Kier molecular flexibility index (Phi) is 6.64. The predicted octanol–water partition coefficient (Wildman–Crippen LogP) is 3.85. The molecule has 0 aliphatic carbocycles. The number of carbonyl (C=O) groups excluding carboxylic acids is 2. The van der Waals surface area contributed by atoms with E-state index in [4.69, 9.17) is 0 Å². The molecular weight excluding hydrogens is 458 g/mol. The van der Waals surface area contributed by atoms with Crippen molar-refractivity contribution in [2.45, 2.75) is 24.3 Å². The summed E-state index contributed by atoms with van der Waals surface area (Å²) >= 11 is 1.41. The molecule has 0 saturated carbocycles. The number of anilines is 1. The number of benzene rings is 2. The highest BCUT2D eigenvalue weighted by atomic mass is 32.2. The Labute approximate surface area is 197 Å². The zero-order valence-electron chi connectivity index (χ0n) is 18.2. The molecule has 0 spiro atoms. The molecule has 9 heteroatoms.